The van der Waals surface area contributed by atoms with Gasteiger partial charge in [0.05, 0.1) is 6.10 Å². The van der Waals surface area contributed by atoms with E-state index in [2.05, 4.69) is 10.2 Å². The fourth-order valence-corrected chi connectivity index (χ4v) is 3.82. The zero-order valence-electron chi connectivity index (χ0n) is 11.5. The molecule has 5 unspecified atom stereocenters. The van der Waals surface area contributed by atoms with E-state index in [1.54, 1.807) is 0 Å². The van der Waals surface area contributed by atoms with Gasteiger partial charge in [0.15, 0.2) is 0 Å². The SMILES string of the molecule is CC1CC2OC(=O)CC(CN3CCNC3)C2CC1O. The first-order valence-corrected chi connectivity index (χ1v) is 7.44. The van der Waals surface area contributed by atoms with E-state index in [1.807, 2.05) is 6.92 Å². The predicted molar refractivity (Wildman–Crippen MR) is 70.3 cm³/mol. The Labute approximate surface area is 114 Å². The number of esters is 1. The minimum absolute atomic E-state index is 0.0280. The van der Waals surface area contributed by atoms with Crippen molar-refractivity contribution in [2.24, 2.45) is 17.8 Å². The Morgan fingerprint density at radius 3 is 3.05 bits per heavy atom. The van der Waals surface area contributed by atoms with E-state index >= 15 is 0 Å². The average Bonchev–Trinajstić information content (AvgIpc) is 2.84. The Kier molecular flexibility index (Phi) is 3.78. The van der Waals surface area contributed by atoms with Crippen LogP contribution in [0.3, 0.4) is 0 Å². The van der Waals surface area contributed by atoms with Crippen LogP contribution in [0.5, 0.6) is 0 Å². The van der Waals surface area contributed by atoms with E-state index in [-0.39, 0.29) is 24.1 Å². The molecule has 1 aliphatic carbocycles. The number of aliphatic hydroxyl groups excluding tert-OH is 1. The smallest absolute Gasteiger partial charge is 0.306 e. The van der Waals surface area contributed by atoms with Crippen LogP contribution in [0, 0.1) is 17.8 Å². The first kappa shape index (κ1) is 13.3. The first-order chi connectivity index (χ1) is 9.13. The van der Waals surface area contributed by atoms with Crippen molar-refractivity contribution in [2.75, 3.05) is 26.3 Å². The van der Waals surface area contributed by atoms with Crippen molar-refractivity contribution in [3.05, 3.63) is 0 Å². The van der Waals surface area contributed by atoms with E-state index in [9.17, 15) is 9.90 Å². The third-order valence-corrected chi connectivity index (χ3v) is 5.00. The summed E-state index contributed by atoms with van der Waals surface area (Å²) in [6.07, 6.45) is 1.90. The van der Waals surface area contributed by atoms with Gasteiger partial charge in [0.25, 0.3) is 0 Å². The molecule has 3 aliphatic rings. The minimum atomic E-state index is -0.239. The molecule has 2 saturated heterocycles. The maximum atomic E-state index is 11.8. The molecule has 19 heavy (non-hydrogen) atoms. The van der Waals surface area contributed by atoms with E-state index in [1.165, 1.54) is 0 Å². The Bertz CT molecular complexity index is 344. The van der Waals surface area contributed by atoms with Crippen LogP contribution in [0.25, 0.3) is 0 Å². The second-order valence-corrected chi connectivity index (χ2v) is 6.41. The molecule has 1 saturated carbocycles. The largest absolute Gasteiger partial charge is 0.462 e. The summed E-state index contributed by atoms with van der Waals surface area (Å²) in [5.41, 5.74) is 0. The number of fused-ring (bicyclic) bond motifs is 1. The summed E-state index contributed by atoms with van der Waals surface area (Å²) in [7, 11) is 0. The summed E-state index contributed by atoms with van der Waals surface area (Å²) in [5, 5.41) is 13.4. The molecule has 5 nitrogen and oxygen atoms in total. The van der Waals surface area contributed by atoms with Crippen LogP contribution in [0.2, 0.25) is 0 Å². The molecular formula is C14H24N2O3. The lowest BCUT2D eigenvalue weighted by molar-refractivity contribution is -0.173. The van der Waals surface area contributed by atoms with Gasteiger partial charge in [0.1, 0.15) is 6.10 Å². The summed E-state index contributed by atoms with van der Waals surface area (Å²) >= 11 is 0. The molecule has 2 heterocycles. The Balaban J connectivity index is 1.68. The van der Waals surface area contributed by atoms with E-state index in [4.69, 9.17) is 4.74 Å². The van der Waals surface area contributed by atoms with Gasteiger partial charge in [-0.1, -0.05) is 6.92 Å². The number of carbonyl (C=O) groups excluding carboxylic acids is 1. The molecule has 2 aliphatic heterocycles. The van der Waals surface area contributed by atoms with Gasteiger partial charge in [-0.05, 0) is 24.7 Å². The van der Waals surface area contributed by atoms with E-state index in [0.717, 1.165) is 39.1 Å². The van der Waals surface area contributed by atoms with Crippen LogP contribution >= 0.6 is 0 Å². The molecule has 0 aromatic carbocycles. The van der Waals surface area contributed by atoms with Crippen LogP contribution in [-0.2, 0) is 9.53 Å². The van der Waals surface area contributed by atoms with Crippen molar-refractivity contribution in [3.8, 4) is 0 Å². The second-order valence-electron chi connectivity index (χ2n) is 6.41. The highest BCUT2D eigenvalue weighted by atomic mass is 16.5. The van der Waals surface area contributed by atoms with Gasteiger partial charge in [-0.2, -0.15) is 0 Å². The topological polar surface area (TPSA) is 61.8 Å². The lowest BCUT2D eigenvalue weighted by Crippen LogP contribution is -2.49. The molecule has 3 rings (SSSR count). The molecule has 0 aromatic heterocycles. The number of aliphatic hydroxyl groups is 1. The first-order valence-electron chi connectivity index (χ1n) is 7.44. The van der Waals surface area contributed by atoms with Crippen molar-refractivity contribution in [1.29, 1.82) is 0 Å². The molecule has 0 amide bonds. The minimum Gasteiger partial charge on any atom is -0.462 e. The third-order valence-electron chi connectivity index (χ3n) is 5.00. The third kappa shape index (κ3) is 2.78. The molecule has 0 aromatic rings. The molecule has 2 N–H and O–H groups in total. The Hall–Kier alpha value is -0.650. The summed E-state index contributed by atoms with van der Waals surface area (Å²) in [4.78, 5) is 14.1. The van der Waals surface area contributed by atoms with Gasteiger partial charge >= 0.3 is 5.97 Å². The Morgan fingerprint density at radius 1 is 1.47 bits per heavy atom. The lowest BCUT2D eigenvalue weighted by Gasteiger charge is -2.45. The molecule has 0 bridgehead atoms. The van der Waals surface area contributed by atoms with Gasteiger partial charge in [-0.15, -0.1) is 0 Å². The highest BCUT2D eigenvalue weighted by molar-refractivity contribution is 5.71. The quantitative estimate of drug-likeness (QED) is 0.700. The molecule has 0 spiro atoms. The number of hydrogen-bond acceptors (Lipinski definition) is 5. The number of rotatable bonds is 2. The molecule has 5 atom stereocenters. The molecular weight excluding hydrogens is 244 g/mol. The monoisotopic (exact) mass is 268 g/mol. The normalized spacial score (nSPS) is 43.9. The molecule has 108 valence electrons. The molecule has 5 heteroatoms. The van der Waals surface area contributed by atoms with Crippen LogP contribution in [-0.4, -0.2) is 54.5 Å². The zero-order chi connectivity index (χ0) is 13.4. The van der Waals surface area contributed by atoms with E-state index in [0.29, 0.717) is 18.3 Å². The maximum Gasteiger partial charge on any atom is 0.306 e. The molecule has 0 radical (unpaired) electrons. The summed E-state index contributed by atoms with van der Waals surface area (Å²) in [6.45, 7) is 6.00. The fraction of sp³-hybridized carbons (Fsp3) is 0.929. The summed E-state index contributed by atoms with van der Waals surface area (Å²) in [5.74, 6) is 0.862. The lowest BCUT2D eigenvalue weighted by atomic mass is 9.70. The zero-order valence-corrected chi connectivity index (χ0v) is 11.5. The number of carbonyl (C=O) groups is 1. The van der Waals surface area contributed by atoms with Crippen LogP contribution < -0.4 is 5.32 Å². The number of nitrogens with one attached hydrogen (secondary N) is 1. The number of nitrogens with zero attached hydrogens (tertiary/aromatic N) is 1. The van der Waals surface area contributed by atoms with Gasteiger partial charge < -0.3 is 15.2 Å². The average molecular weight is 268 g/mol. The van der Waals surface area contributed by atoms with Gasteiger partial charge in [-0.25, -0.2) is 0 Å². The molecule has 3 fully saturated rings. The van der Waals surface area contributed by atoms with Gasteiger partial charge in [-0.3, -0.25) is 9.69 Å². The summed E-state index contributed by atoms with van der Waals surface area (Å²) in [6, 6.07) is 0. The summed E-state index contributed by atoms with van der Waals surface area (Å²) < 4.78 is 5.52. The van der Waals surface area contributed by atoms with Gasteiger partial charge in [0.2, 0.25) is 0 Å². The van der Waals surface area contributed by atoms with E-state index < -0.39 is 0 Å². The maximum absolute atomic E-state index is 11.8. The van der Waals surface area contributed by atoms with Crippen molar-refractivity contribution in [1.82, 2.24) is 10.2 Å². The van der Waals surface area contributed by atoms with Crippen LogP contribution in [0.1, 0.15) is 26.2 Å². The second kappa shape index (κ2) is 5.38. The highest BCUT2D eigenvalue weighted by Gasteiger charge is 2.44. The van der Waals surface area contributed by atoms with Crippen molar-refractivity contribution >= 4 is 5.97 Å². The predicted octanol–water partition coefficient (Wildman–Crippen LogP) is 0.188. The van der Waals surface area contributed by atoms with Crippen LogP contribution in [0.15, 0.2) is 0 Å². The van der Waals surface area contributed by atoms with Crippen LogP contribution in [0.4, 0.5) is 0 Å². The standard InChI is InChI=1S/C14H24N2O3/c1-9-4-13-11(6-12(9)17)10(5-14(18)19-13)7-16-3-2-15-8-16/h9-13,15,17H,2-8H2,1H3. The van der Waals surface area contributed by atoms with Gasteiger partial charge in [0, 0.05) is 38.6 Å². The highest BCUT2D eigenvalue weighted by Crippen LogP contribution is 2.40. The fourth-order valence-electron chi connectivity index (χ4n) is 3.82. The Morgan fingerprint density at radius 2 is 2.32 bits per heavy atom. The number of hydrogen-bond donors (Lipinski definition) is 2. The van der Waals surface area contributed by atoms with Crippen molar-refractivity contribution < 1.29 is 14.6 Å². The van der Waals surface area contributed by atoms with Crippen molar-refractivity contribution in [3.63, 3.8) is 0 Å². The number of ether oxygens (including phenoxy) is 1. The van der Waals surface area contributed by atoms with Crippen molar-refractivity contribution in [2.45, 2.75) is 38.4 Å².